The molecule has 0 aliphatic rings. The smallest absolute Gasteiger partial charge is 0.279 e. The summed E-state index contributed by atoms with van der Waals surface area (Å²) in [5, 5.41) is 2.89. The van der Waals surface area contributed by atoms with Gasteiger partial charge in [-0.2, -0.15) is 0 Å². The van der Waals surface area contributed by atoms with E-state index < -0.39 is 5.82 Å². The second-order valence-corrected chi connectivity index (χ2v) is 6.35. The van der Waals surface area contributed by atoms with Crippen LogP contribution in [0.15, 0.2) is 36.4 Å². The van der Waals surface area contributed by atoms with Crippen LogP contribution < -0.4 is 10.2 Å². The first kappa shape index (κ1) is 17.4. The Kier molecular flexibility index (Phi) is 5.74. The third kappa shape index (κ3) is 5.05. The zero-order valence-corrected chi connectivity index (χ0v) is 14.3. The van der Waals surface area contributed by atoms with Gasteiger partial charge in [0.05, 0.1) is 12.7 Å². The van der Waals surface area contributed by atoms with Gasteiger partial charge in [-0.25, -0.2) is 4.39 Å². The monoisotopic (exact) mass is 335 g/mol. The summed E-state index contributed by atoms with van der Waals surface area (Å²) in [4.78, 5) is 13.1. The highest BCUT2D eigenvalue weighted by Crippen LogP contribution is 2.18. The third-order valence-corrected chi connectivity index (χ3v) is 3.89. The van der Waals surface area contributed by atoms with Crippen molar-refractivity contribution in [2.45, 2.75) is 20.4 Å². The van der Waals surface area contributed by atoms with Crippen LogP contribution in [-0.4, -0.2) is 19.5 Å². The molecular formula is C18H21ClFN2O+. The van der Waals surface area contributed by atoms with Gasteiger partial charge in [0.15, 0.2) is 6.54 Å². The molecule has 1 amide bonds. The number of carbonyl (C=O) groups excluding carboxylic acids is 1. The molecule has 0 radical (unpaired) electrons. The van der Waals surface area contributed by atoms with E-state index >= 15 is 0 Å². The van der Waals surface area contributed by atoms with Crippen molar-refractivity contribution in [2.75, 3.05) is 18.9 Å². The van der Waals surface area contributed by atoms with Gasteiger partial charge in [0, 0.05) is 10.6 Å². The first-order valence-electron chi connectivity index (χ1n) is 7.47. The van der Waals surface area contributed by atoms with Crippen LogP contribution in [0.4, 0.5) is 10.1 Å². The number of hydrogen-bond donors (Lipinski definition) is 2. The summed E-state index contributed by atoms with van der Waals surface area (Å²) >= 11 is 5.70. The molecule has 3 nitrogen and oxygen atoms in total. The number of likely N-dealkylation sites (N-methyl/N-ethyl adjacent to an activating group) is 1. The molecule has 1 atom stereocenters. The highest BCUT2D eigenvalue weighted by atomic mass is 35.5. The molecule has 2 aromatic rings. The van der Waals surface area contributed by atoms with Crippen LogP contribution in [0.3, 0.4) is 0 Å². The number of hydrogen-bond acceptors (Lipinski definition) is 1. The molecule has 0 heterocycles. The van der Waals surface area contributed by atoms with Gasteiger partial charge in [-0.3, -0.25) is 4.79 Å². The van der Waals surface area contributed by atoms with Crippen molar-refractivity contribution < 1.29 is 14.1 Å². The molecular weight excluding hydrogens is 315 g/mol. The molecule has 2 rings (SSSR count). The number of aryl methyl sites for hydroxylation is 2. The predicted octanol–water partition coefficient (Wildman–Crippen LogP) is 2.75. The summed E-state index contributed by atoms with van der Waals surface area (Å²) in [7, 11) is 1.94. The van der Waals surface area contributed by atoms with Gasteiger partial charge < -0.3 is 10.2 Å². The first-order chi connectivity index (χ1) is 10.8. The second kappa shape index (κ2) is 7.57. The number of nitrogens with one attached hydrogen (secondary N) is 2. The number of amides is 1. The molecule has 2 aromatic carbocycles. The fraction of sp³-hybridized carbons (Fsp3) is 0.278. The summed E-state index contributed by atoms with van der Waals surface area (Å²) in [6, 6.07) is 10.5. The van der Waals surface area contributed by atoms with Crippen molar-refractivity contribution in [3.05, 3.63) is 63.9 Å². The van der Waals surface area contributed by atoms with Crippen LogP contribution in [0.1, 0.15) is 16.7 Å². The van der Waals surface area contributed by atoms with E-state index in [0.29, 0.717) is 5.02 Å². The zero-order chi connectivity index (χ0) is 17.0. The molecule has 2 N–H and O–H groups in total. The van der Waals surface area contributed by atoms with Crippen LogP contribution >= 0.6 is 11.6 Å². The molecule has 0 aliphatic heterocycles. The first-order valence-corrected chi connectivity index (χ1v) is 7.85. The molecule has 122 valence electrons. The van der Waals surface area contributed by atoms with Crippen molar-refractivity contribution in [1.82, 2.24) is 0 Å². The SMILES string of the molecule is Cc1ccc(C[NH+](C)CC(=O)Nc2ccc(Cl)cc2F)c(C)c1. The highest BCUT2D eigenvalue weighted by molar-refractivity contribution is 6.30. The van der Waals surface area contributed by atoms with Crippen LogP contribution in [0.25, 0.3) is 0 Å². The van der Waals surface area contributed by atoms with Crippen molar-refractivity contribution in [1.29, 1.82) is 0 Å². The molecule has 0 bridgehead atoms. The summed E-state index contributed by atoms with van der Waals surface area (Å²) in [6.07, 6.45) is 0. The maximum absolute atomic E-state index is 13.7. The van der Waals surface area contributed by atoms with Crippen LogP contribution in [0.2, 0.25) is 5.02 Å². The normalized spacial score (nSPS) is 12.0. The molecule has 0 spiro atoms. The average molecular weight is 336 g/mol. The summed E-state index contributed by atoms with van der Waals surface area (Å²) in [5.41, 5.74) is 3.80. The van der Waals surface area contributed by atoms with Gasteiger partial charge in [0.1, 0.15) is 12.4 Å². The van der Waals surface area contributed by atoms with E-state index in [0.717, 1.165) is 11.4 Å². The average Bonchev–Trinajstić information content (AvgIpc) is 2.45. The minimum absolute atomic E-state index is 0.152. The molecule has 0 fully saturated rings. The fourth-order valence-corrected chi connectivity index (χ4v) is 2.65. The van der Waals surface area contributed by atoms with Crippen LogP contribution in [-0.2, 0) is 11.3 Å². The molecule has 0 saturated heterocycles. The lowest BCUT2D eigenvalue weighted by atomic mass is 10.1. The minimum Gasteiger partial charge on any atom is -0.326 e. The Hall–Kier alpha value is -1.91. The quantitative estimate of drug-likeness (QED) is 0.865. The number of carbonyl (C=O) groups is 1. The van der Waals surface area contributed by atoms with E-state index in [4.69, 9.17) is 11.6 Å². The van der Waals surface area contributed by atoms with Gasteiger partial charge in [-0.1, -0.05) is 35.4 Å². The van der Waals surface area contributed by atoms with Gasteiger partial charge >= 0.3 is 0 Å². The Labute approximate surface area is 141 Å². The van der Waals surface area contributed by atoms with Crippen molar-refractivity contribution in [3.63, 3.8) is 0 Å². The van der Waals surface area contributed by atoms with Gasteiger partial charge in [-0.05, 0) is 37.6 Å². The standard InChI is InChI=1S/C18H20ClFN2O/c1-12-4-5-14(13(2)8-12)10-22(3)11-18(23)21-17-7-6-15(19)9-16(17)20/h4-9H,10-11H2,1-3H3,(H,21,23)/p+1. The van der Waals surface area contributed by atoms with E-state index in [1.807, 2.05) is 7.05 Å². The molecule has 0 aromatic heterocycles. The van der Waals surface area contributed by atoms with E-state index in [1.165, 1.54) is 28.8 Å². The number of anilines is 1. The third-order valence-electron chi connectivity index (χ3n) is 3.66. The second-order valence-electron chi connectivity index (χ2n) is 5.91. The Bertz CT molecular complexity index is 718. The van der Waals surface area contributed by atoms with Crippen molar-refractivity contribution in [3.8, 4) is 0 Å². The largest absolute Gasteiger partial charge is 0.326 e. The summed E-state index contributed by atoms with van der Waals surface area (Å²) < 4.78 is 13.7. The van der Waals surface area contributed by atoms with Gasteiger partial charge in [0.2, 0.25) is 0 Å². The van der Waals surface area contributed by atoms with Crippen LogP contribution in [0.5, 0.6) is 0 Å². The molecule has 23 heavy (non-hydrogen) atoms. The highest BCUT2D eigenvalue weighted by Gasteiger charge is 2.14. The van der Waals surface area contributed by atoms with Crippen molar-refractivity contribution >= 4 is 23.2 Å². The lowest BCUT2D eigenvalue weighted by molar-refractivity contribution is -0.885. The zero-order valence-electron chi connectivity index (χ0n) is 13.5. The Balaban J connectivity index is 1.94. The van der Waals surface area contributed by atoms with Gasteiger partial charge in [0.25, 0.3) is 5.91 Å². The minimum atomic E-state index is -0.530. The molecule has 1 unspecified atom stereocenters. The predicted molar refractivity (Wildman–Crippen MR) is 91.4 cm³/mol. The number of quaternary nitrogens is 1. The molecule has 0 aliphatic carbocycles. The maximum Gasteiger partial charge on any atom is 0.279 e. The maximum atomic E-state index is 13.7. The Morgan fingerprint density at radius 3 is 2.61 bits per heavy atom. The van der Waals surface area contributed by atoms with E-state index in [-0.39, 0.29) is 18.1 Å². The lowest BCUT2D eigenvalue weighted by Crippen LogP contribution is -3.08. The molecule has 0 saturated carbocycles. The topological polar surface area (TPSA) is 33.5 Å². The lowest BCUT2D eigenvalue weighted by Gasteiger charge is -2.16. The van der Waals surface area contributed by atoms with Crippen LogP contribution in [0, 0.1) is 19.7 Å². The number of halogens is 2. The van der Waals surface area contributed by atoms with E-state index in [2.05, 4.69) is 37.4 Å². The Morgan fingerprint density at radius 1 is 1.22 bits per heavy atom. The fourth-order valence-electron chi connectivity index (χ4n) is 2.49. The summed E-state index contributed by atoms with van der Waals surface area (Å²) in [5.74, 6) is -0.758. The molecule has 5 heteroatoms. The van der Waals surface area contributed by atoms with Crippen molar-refractivity contribution in [2.24, 2.45) is 0 Å². The number of benzene rings is 2. The van der Waals surface area contributed by atoms with Gasteiger partial charge in [-0.15, -0.1) is 0 Å². The Morgan fingerprint density at radius 2 is 1.96 bits per heavy atom. The van der Waals surface area contributed by atoms with E-state index in [1.54, 1.807) is 6.07 Å². The summed E-state index contributed by atoms with van der Waals surface area (Å²) in [6.45, 7) is 5.12. The van der Waals surface area contributed by atoms with E-state index in [9.17, 15) is 9.18 Å². The number of rotatable bonds is 5.